The summed E-state index contributed by atoms with van der Waals surface area (Å²) >= 11 is 6.30. The number of carbonyl (C=O) groups is 2. The van der Waals surface area contributed by atoms with Crippen LogP contribution in [0.1, 0.15) is 50.2 Å². The molecule has 5 rings (SSSR count). The van der Waals surface area contributed by atoms with Crippen molar-refractivity contribution in [1.29, 1.82) is 0 Å². The highest BCUT2D eigenvalue weighted by Gasteiger charge is 2.32. The molecular weight excluding hydrogens is 508 g/mol. The molecule has 2 aliphatic rings. The Labute approximate surface area is 226 Å². The maximum Gasteiger partial charge on any atom is 0.410 e. The Morgan fingerprint density at radius 2 is 1.82 bits per heavy atom. The molecule has 0 radical (unpaired) electrons. The van der Waals surface area contributed by atoms with Gasteiger partial charge in [0.25, 0.3) is 0 Å². The number of amides is 2. The minimum atomic E-state index is -0.387. The van der Waals surface area contributed by atoms with Gasteiger partial charge in [0.2, 0.25) is 0 Å². The number of ether oxygens (including phenoxy) is 2. The quantitative estimate of drug-likeness (QED) is 0.442. The van der Waals surface area contributed by atoms with Crippen molar-refractivity contribution in [2.75, 3.05) is 31.5 Å². The van der Waals surface area contributed by atoms with Crippen LogP contribution in [0.4, 0.5) is 15.4 Å². The number of fused-ring (bicyclic) bond motifs is 1. The second-order valence-corrected chi connectivity index (χ2v) is 10.5. The third-order valence-corrected chi connectivity index (χ3v) is 7.26. The zero-order valence-corrected chi connectivity index (χ0v) is 22.4. The Morgan fingerprint density at radius 3 is 2.55 bits per heavy atom. The van der Waals surface area contributed by atoms with Crippen LogP contribution in [0.25, 0.3) is 5.65 Å². The summed E-state index contributed by atoms with van der Waals surface area (Å²) in [5.41, 5.74) is 2.73. The van der Waals surface area contributed by atoms with Crippen LogP contribution in [0, 0.1) is 0 Å². The molecule has 1 N–H and O–H groups in total. The lowest BCUT2D eigenvalue weighted by Crippen LogP contribution is -2.44. The summed E-state index contributed by atoms with van der Waals surface area (Å²) in [5.74, 6) is 1.07. The van der Waals surface area contributed by atoms with Gasteiger partial charge < -0.3 is 24.6 Å². The van der Waals surface area contributed by atoms with Crippen LogP contribution < -0.4 is 5.32 Å². The van der Waals surface area contributed by atoms with Gasteiger partial charge in [-0.1, -0.05) is 55.8 Å². The van der Waals surface area contributed by atoms with Gasteiger partial charge in [0.05, 0.1) is 12.7 Å². The number of carbonyl (C=O) groups excluding carboxylic acids is 2. The minimum Gasteiger partial charge on any atom is -0.445 e. The van der Waals surface area contributed by atoms with Crippen LogP contribution in [0.5, 0.6) is 0 Å². The van der Waals surface area contributed by atoms with E-state index in [-0.39, 0.29) is 36.9 Å². The van der Waals surface area contributed by atoms with Crippen molar-refractivity contribution >= 4 is 35.3 Å². The minimum absolute atomic E-state index is 0.161. The third kappa shape index (κ3) is 5.96. The second kappa shape index (κ2) is 11.5. The average Bonchev–Trinajstić information content (AvgIpc) is 3.56. The normalized spacial score (nSPS) is 18.3. The Balaban J connectivity index is 1.08. The highest BCUT2D eigenvalue weighted by molar-refractivity contribution is 6.29. The first-order valence-corrected chi connectivity index (χ1v) is 13.5. The van der Waals surface area contributed by atoms with Gasteiger partial charge in [0.15, 0.2) is 5.65 Å². The number of halogens is 1. The molecular formula is C27H33ClN6O4. The SMILES string of the molecule is CC(C)c1cnn2c(NC3CCN(C(=O)O[C@@H]4CCN(C(=O)OCc5ccccc5)C4)CC3)cc(Cl)nc12. The van der Waals surface area contributed by atoms with E-state index >= 15 is 0 Å². The summed E-state index contributed by atoms with van der Waals surface area (Å²) in [6, 6.07) is 11.5. The molecule has 0 saturated carbocycles. The smallest absolute Gasteiger partial charge is 0.410 e. The lowest BCUT2D eigenvalue weighted by molar-refractivity contribution is 0.0562. The molecule has 0 bridgehead atoms. The fourth-order valence-electron chi connectivity index (χ4n) is 4.89. The molecule has 2 aromatic heterocycles. The monoisotopic (exact) mass is 540 g/mol. The van der Waals surface area contributed by atoms with Crippen LogP contribution in [0.2, 0.25) is 5.15 Å². The Morgan fingerprint density at radius 1 is 1.08 bits per heavy atom. The molecule has 2 fully saturated rings. The Kier molecular flexibility index (Phi) is 7.87. The van der Waals surface area contributed by atoms with Crippen LogP contribution in [0.15, 0.2) is 42.6 Å². The van der Waals surface area contributed by atoms with Crippen LogP contribution >= 0.6 is 11.6 Å². The van der Waals surface area contributed by atoms with Gasteiger partial charge in [0.1, 0.15) is 23.7 Å². The number of aromatic nitrogens is 3. The first kappa shape index (κ1) is 26.1. The van der Waals surface area contributed by atoms with Crippen LogP contribution in [0.3, 0.4) is 0 Å². The number of rotatable bonds is 6. The predicted molar refractivity (Wildman–Crippen MR) is 143 cm³/mol. The van der Waals surface area contributed by atoms with Crippen molar-refractivity contribution < 1.29 is 19.1 Å². The van der Waals surface area contributed by atoms with Gasteiger partial charge in [-0.3, -0.25) is 0 Å². The number of nitrogens with one attached hydrogen (secondary N) is 1. The number of benzene rings is 1. The maximum atomic E-state index is 12.8. The van der Waals surface area contributed by atoms with Gasteiger partial charge in [-0.25, -0.2) is 14.6 Å². The molecule has 38 heavy (non-hydrogen) atoms. The fraction of sp³-hybridized carbons (Fsp3) is 0.481. The standard InChI is InChI=1S/C27H33ClN6O4/c1-18(2)22-15-29-34-24(14-23(28)31-25(22)34)30-20-8-11-32(12-9-20)27(36)38-21-10-13-33(16-21)26(35)37-17-19-6-4-3-5-7-19/h3-7,14-15,18,20-21,30H,8-13,16-17H2,1-2H3/t21-/m1/s1. The lowest BCUT2D eigenvalue weighted by Gasteiger charge is -2.32. The van der Waals surface area contributed by atoms with E-state index in [1.165, 1.54) is 0 Å². The number of piperidine rings is 1. The summed E-state index contributed by atoms with van der Waals surface area (Å²) < 4.78 is 12.9. The van der Waals surface area contributed by atoms with E-state index in [0.717, 1.165) is 35.4 Å². The van der Waals surface area contributed by atoms with Gasteiger partial charge >= 0.3 is 12.2 Å². The second-order valence-electron chi connectivity index (χ2n) is 10.1. The first-order chi connectivity index (χ1) is 18.4. The zero-order valence-electron chi connectivity index (χ0n) is 21.7. The van der Waals surface area contributed by atoms with Crippen LogP contribution in [-0.4, -0.2) is 74.9 Å². The molecule has 3 aromatic rings. The van der Waals surface area contributed by atoms with Crippen molar-refractivity contribution in [1.82, 2.24) is 24.4 Å². The molecule has 11 heteroatoms. The van der Waals surface area contributed by atoms with Crippen molar-refractivity contribution in [2.24, 2.45) is 0 Å². The molecule has 2 aliphatic heterocycles. The van der Waals surface area contributed by atoms with Crippen molar-refractivity contribution in [3.63, 3.8) is 0 Å². The van der Waals surface area contributed by atoms with Crippen molar-refractivity contribution in [2.45, 2.75) is 57.8 Å². The zero-order chi connectivity index (χ0) is 26.6. The number of hydrogen-bond acceptors (Lipinski definition) is 7. The number of hydrogen-bond donors (Lipinski definition) is 1. The molecule has 202 valence electrons. The molecule has 0 spiro atoms. The van der Waals surface area contributed by atoms with E-state index in [4.69, 9.17) is 21.1 Å². The molecule has 4 heterocycles. The Hall–Kier alpha value is -3.53. The summed E-state index contributed by atoms with van der Waals surface area (Å²) in [7, 11) is 0. The number of anilines is 1. The average molecular weight is 541 g/mol. The number of likely N-dealkylation sites (tertiary alicyclic amines) is 2. The molecule has 0 unspecified atom stereocenters. The third-order valence-electron chi connectivity index (χ3n) is 7.07. The number of nitrogens with zero attached hydrogens (tertiary/aromatic N) is 5. The largest absolute Gasteiger partial charge is 0.445 e. The molecule has 1 atom stereocenters. The van der Waals surface area contributed by atoms with Gasteiger partial charge in [-0.2, -0.15) is 9.61 Å². The van der Waals surface area contributed by atoms with Gasteiger partial charge in [-0.05, 0) is 24.3 Å². The van der Waals surface area contributed by atoms with Gasteiger partial charge in [-0.15, -0.1) is 0 Å². The molecule has 1 aromatic carbocycles. The lowest BCUT2D eigenvalue weighted by atomic mass is 10.1. The molecule has 2 saturated heterocycles. The molecule has 10 nitrogen and oxygen atoms in total. The van der Waals surface area contributed by atoms with E-state index in [2.05, 4.69) is 29.2 Å². The van der Waals surface area contributed by atoms with Crippen molar-refractivity contribution in [3.8, 4) is 0 Å². The van der Waals surface area contributed by atoms with Crippen LogP contribution in [-0.2, 0) is 16.1 Å². The maximum absolute atomic E-state index is 12.8. The van der Waals surface area contributed by atoms with E-state index in [1.54, 1.807) is 20.4 Å². The highest BCUT2D eigenvalue weighted by atomic mass is 35.5. The van der Waals surface area contributed by atoms with E-state index in [9.17, 15) is 9.59 Å². The predicted octanol–water partition coefficient (Wildman–Crippen LogP) is 4.93. The Bertz CT molecular complexity index is 1280. The highest BCUT2D eigenvalue weighted by Crippen LogP contribution is 2.26. The van der Waals surface area contributed by atoms with E-state index < -0.39 is 0 Å². The summed E-state index contributed by atoms with van der Waals surface area (Å²) in [6.07, 6.45) is 2.91. The fourth-order valence-corrected chi connectivity index (χ4v) is 5.08. The summed E-state index contributed by atoms with van der Waals surface area (Å²) in [5, 5.41) is 8.45. The summed E-state index contributed by atoms with van der Waals surface area (Å²) in [6.45, 7) is 6.42. The molecule has 0 aliphatic carbocycles. The van der Waals surface area contributed by atoms with E-state index in [1.807, 2.05) is 36.5 Å². The molecule has 2 amide bonds. The van der Waals surface area contributed by atoms with Crippen molar-refractivity contribution in [3.05, 3.63) is 58.9 Å². The van der Waals surface area contributed by atoms with E-state index in [0.29, 0.717) is 37.8 Å². The van der Waals surface area contributed by atoms with Gasteiger partial charge in [0, 0.05) is 43.7 Å². The topological polar surface area (TPSA) is 101 Å². The summed E-state index contributed by atoms with van der Waals surface area (Å²) in [4.78, 5) is 33.0. The first-order valence-electron chi connectivity index (χ1n) is 13.1.